The van der Waals surface area contributed by atoms with Gasteiger partial charge in [0.05, 0.1) is 25.1 Å². The van der Waals surface area contributed by atoms with E-state index in [4.69, 9.17) is 16.2 Å². The number of benzene rings is 2. The van der Waals surface area contributed by atoms with Gasteiger partial charge in [-0.2, -0.15) is 0 Å². The minimum absolute atomic E-state index is 0.0230. The minimum atomic E-state index is -0.391. The maximum Gasteiger partial charge on any atom is 0.189 e. The van der Waals surface area contributed by atoms with Crippen molar-refractivity contribution in [1.82, 2.24) is 9.97 Å². The van der Waals surface area contributed by atoms with Gasteiger partial charge in [0.25, 0.3) is 0 Å². The molecule has 172 valence electrons. The van der Waals surface area contributed by atoms with Gasteiger partial charge in [-0.25, -0.2) is 14.4 Å². The number of ether oxygens (including phenoxy) is 1. The predicted molar refractivity (Wildman–Crippen MR) is 127 cm³/mol. The Morgan fingerprint density at radius 1 is 1.12 bits per heavy atom. The summed E-state index contributed by atoms with van der Waals surface area (Å²) in [6.45, 7) is 3.21. The van der Waals surface area contributed by atoms with Crippen LogP contribution >= 0.6 is 0 Å². The zero-order valence-electron chi connectivity index (χ0n) is 18.5. The molecule has 1 saturated heterocycles. The highest BCUT2D eigenvalue weighted by molar-refractivity contribution is 6.00. The quantitative estimate of drug-likeness (QED) is 0.509. The van der Waals surface area contributed by atoms with Crippen LogP contribution in [0, 0.1) is 5.82 Å². The predicted octanol–water partition coefficient (Wildman–Crippen LogP) is 3.02. The number of nitrogens with zero attached hydrogens (tertiary/aromatic N) is 3. The lowest BCUT2D eigenvalue weighted by Gasteiger charge is -2.30. The molecule has 1 aliphatic heterocycles. The lowest BCUT2D eigenvalue weighted by Crippen LogP contribution is -2.37. The van der Waals surface area contributed by atoms with Crippen molar-refractivity contribution >= 4 is 17.3 Å². The summed E-state index contributed by atoms with van der Waals surface area (Å²) >= 11 is 0. The fourth-order valence-electron chi connectivity index (χ4n) is 3.96. The molecular formula is C25H28FN5O2. The summed E-state index contributed by atoms with van der Waals surface area (Å²) in [5.74, 6) is -0.633. The molecule has 0 aliphatic carbocycles. The number of ketones is 1. The largest absolute Gasteiger partial charge is 0.382 e. The standard InChI is InChI=1S/C25H28FN5O2/c26-20-7-8-22(31-10-12-33-13-11-31)19(14-20)15-23(32)24-25(28)29-16-21(30-24)18-5-3-17(4-6-18)2-1-9-27/h3-8,14,16H,1-2,9-13,15,27H2,(H2,28,29). The molecule has 8 heteroatoms. The number of nitrogen functional groups attached to an aromatic ring is 1. The first-order valence-electron chi connectivity index (χ1n) is 11.1. The number of morpholine rings is 1. The Bertz CT molecular complexity index is 1110. The van der Waals surface area contributed by atoms with Crippen LogP contribution in [0.1, 0.15) is 28.0 Å². The third-order valence-electron chi connectivity index (χ3n) is 5.73. The molecule has 2 aromatic carbocycles. The second kappa shape index (κ2) is 10.5. The molecule has 0 bridgehead atoms. The van der Waals surface area contributed by atoms with E-state index in [-0.39, 0.29) is 23.7 Å². The van der Waals surface area contributed by atoms with Crippen molar-refractivity contribution in [1.29, 1.82) is 0 Å². The average Bonchev–Trinajstić information content (AvgIpc) is 2.84. The van der Waals surface area contributed by atoms with E-state index in [1.807, 2.05) is 24.3 Å². The van der Waals surface area contributed by atoms with Crippen LogP contribution in [0.4, 0.5) is 15.9 Å². The van der Waals surface area contributed by atoms with Gasteiger partial charge in [0.1, 0.15) is 11.5 Å². The molecule has 33 heavy (non-hydrogen) atoms. The van der Waals surface area contributed by atoms with E-state index in [0.29, 0.717) is 44.1 Å². The first-order chi connectivity index (χ1) is 16.0. The average molecular weight is 450 g/mol. The number of carbonyl (C=O) groups is 1. The van der Waals surface area contributed by atoms with E-state index in [2.05, 4.69) is 14.9 Å². The third-order valence-corrected chi connectivity index (χ3v) is 5.73. The normalized spacial score (nSPS) is 13.8. The summed E-state index contributed by atoms with van der Waals surface area (Å²) < 4.78 is 19.4. The highest BCUT2D eigenvalue weighted by Crippen LogP contribution is 2.26. The van der Waals surface area contributed by atoms with Gasteiger partial charge in [-0.3, -0.25) is 4.79 Å². The Morgan fingerprint density at radius 2 is 1.88 bits per heavy atom. The van der Waals surface area contributed by atoms with Crippen LogP contribution in [0.5, 0.6) is 0 Å². The van der Waals surface area contributed by atoms with Crippen molar-refractivity contribution in [2.45, 2.75) is 19.3 Å². The second-order valence-electron chi connectivity index (χ2n) is 8.05. The van der Waals surface area contributed by atoms with Gasteiger partial charge in [-0.1, -0.05) is 24.3 Å². The number of aryl methyl sites for hydroxylation is 1. The van der Waals surface area contributed by atoms with E-state index in [1.54, 1.807) is 12.3 Å². The third kappa shape index (κ3) is 5.53. The fraction of sp³-hybridized carbons (Fsp3) is 0.320. The van der Waals surface area contributed by atoms with Crippen molar-refractivity contribution in [3.05, 3.63) is 71.3 Å². The maximum absolute atomic E-state index is 14.0. The highest BCUT2D eigenvalue weighted by Gasteiger charge is 2.20. The fourth-order valence-corrected chi connectivity index (χ4v) is 3.96. The van der Waals surface area contributed by atoms with Crippen LogP contribution in [-0.2, 0) is 17.6 Å². The molecule has 0 saturated carbocycles. The Labute approximate surface area is 192 Å². The van der Waals surface area contributed by atoms with Crippen LogP contribution in [-0.4, -0.2) is 48.6 Å². The van der Waals surface area contributed by atoms with Gasteiger partial charge >= 0.3 is 0 Å². The zero-order chi connectivity index (χ0) is 23.2. The second-order valence-corrected chi connectivity index (χ2v) is 8.05. The lowest BCUT2D eigenvalue weighted by atomic mass is 10.0. The van der Waals surface area contributed by atoms with Crippen LogP contribution in [0.2, 0.25) is 0 Å². The Balaban J connectivity index is 1.57. The molecule has 1 aliphatic rings. The number of aromatic nitrogens is 2. The molecule has 1 fully saturated rings. The van der Waals surface area contributed by atoms with Crippen molar-refractivity contribution in [3.63, 3.8) is 0 Å². The topological polar surface area (TPSA) is 107 Å². The summed E-state index contributed by atoms with van der Waals surface area (Å²) in [6, 6.07) is 12.5. The number of nitrogens with two attached hydrogens (primary N) is 2. The number of Topliss-reactive ketones (excluding diaryl/α,β-unsaturated/α-hetero) is 1. The molecule has 2 heterocycles. The number of rotatable bonds is 8. The van der Waals surface area contributed by atoms with Crippen LogP contribution in [0.25, 0.3) is 11.3 Å². The van der Waals surface area contributed by atoms with E-state index in [0.717, 1.165) is 24.1 Å². The van der Waals surface area contributed by atoms with E-state index >= 15 is 0 Å². The molecular weight excluding hydrogens is 421 g/mol. The summed E-state index contributed by atoms with van der Waals surface area (Å²) in [6.07, 6.45) is 3.37. The molecule has 3 aromatic rings. The van der Waals surface area contributed by atoms with Crippen LogP contribution < -0.4 is 16.4 Å². The van der Waals surface area contributed by atoms with Gasteiger partial charge in [-0.05, 0) is 48.7 Å². The van der Waals surface area contributed by atoms with E-state index in [1.165, 1.54) is 17.7 Å². The van der Waals surface area contributed by atoms with Gasteiger partial charge in [0, 0.05) is 30.8 Å². The molecule has 1 aromatic heterocycles. The van der Waals surface area contributed by atoms with Crippen molar-refractivity contribution in [2.75, 3.05) is 43.5 Å². The lowest BCUT2D eigenvalue weighted by molar-refractivity contribution is 0.0988. The SMILES string of the molecule is NCCCc1ccc(-c2cnc(N)c(C(=O)Cc3cc(F)ccc3N3CCOCC3)n2)cc1. The zero-order valence-corrected chi connectivity index (χ0v) is 18.5. The molecule has 0 amide bonds. The molecule has 7 nitrogen and oxygen atoms in total. The van der Waals surface area contributed by atoms with E-state index < -0.39 is 5.82 Å². The number of anilines is 2. The Morgan fingerprint density at radius 3 is 2.61 bits per heavy atom. The summed E-state index contributed by atoms with van der Waals surface area (Å²) in [5.41, 5.74) is 15.7. The van der Waals surface area contributed by atoms with Crippen LogP contribution in [0.15, 0.2) is 48.7 Å². The number of halogens is 1. The Kier molecular flexibility index (Phi) is 7.26. The van der Waals surface area contributed by atoms with Gasteiger partial charge in [0.2, 0.25) is 0 Å². The Hall–Kier alpha value is -3.36. The smallest absolute Gasteiger partial charge is 0.189 e. The highest BCUT2D eigenvalue weighted by atomic mass is 19.1. The van der Waals surface area contributed by atoms with Crippen molar-refractivity contribution in [2.24, 2.45) is 5.73 Å². The molecule has 0 radical (unpaired) electrons. The molecule has 4 rings (SSSR count). The van der Waals surface area contributed by atoms with Crippen molar-refractivity contribution in [3.8, 4) is 11.3 Å². The number of carbonyl (C=O) groups excluding carboxylic acids is 1. The first-order valence-corrected chi connectivity index (χ1v) is 11.1. The van der Waals surface area contributed by atoms with Gasteiger partial charge in [-0.15, -0.1) is 0 Å². The minimum Gasteiger partial charge on any atom is -0.382 e. The van der Waals surface area contributed by atoms with Gasteiger partial charge < -0.3 is 21.1 Å². The van der Waals surface area contributed by atoms with Gasteiger partial charge in [0.15, 0.2) is 11.6 Å². The maximum atomic E-state index is 14.0. The monoisotopic (exact) mass is 449 g/mol. The number of hydrogen-bond donors (Lipinski definition) is 2. The summed E-state index contributed by atoms with van der Waals surface area (Å²) in [7, 11) is 0. The number of hydrogen-bond acceptors (Lipinski definition) is 7. The summed E-state index contributed by atoms with van der Waals surface area (Å²) in [4.78, 5) is 24.0. The summed E-state index contributed by atoms with van der Waals surface area (Å²) in [5, 5.41) is 0. The molecule has 4 N–H and O–H groups in total. The van der Waals surface area contributed by atoms with Crippen LogP contribution in [0.3, 0.4) is 0 Å². The first kappa shape index (κ1) is 22.8. The molecule has 0 spiro atoms. The van der Waals surface area contributed by atoms with Crippen molar-refractivity contribution < 1.29 is 13.9 Å². The molecule has 0 unspecified atom stereocenters. The molecule has 0 atom stereocenters. The van der Waals surface area contributed by atoms with E-state index in [9.17, 15) is 9.18 Å².